The highest BCUT2D eigenvalue weighted by Gasteiger charge is 2.28. The molecule has 1 unspecified atom stereocenters. The van der Waals surface area contributed by atoms with Crippen molar-refractivity contribution in [2.75, 3.05) is 6.54 Å². The van der Waals surface area contributed by atoms with Crippen molar-refractivity contribution < 1.29 is 4.79 Å². The van der Waals surface area contributed by atoms with Crippen LogP contribution in [0.4, 0.5) is 0 Å². The van der Waals surface area contributed by atoms with Crippen molar-refractivity contribution in [3.63, 3.8) is 0 Å². The van der Waals surface area contributed by atoms with E-state index < -0.39 is 0 Å². The minimum atomic E-state index is 0.150. The van der Waals surface area contributed by atoms with Gasteiger partial charge in [-0.2, -0.15) is 0 Å². The predicted octanol–water partition coefficient (Wildman–Crippen LogP) is 3.92. The molecule has 3 heterocycles. The summed E-state index contributed by atoms with van der Waals surface area (Å²) in [5, 5.41) is 0.874. The number of carbonyl (C=O) groups is 1. The lowest BCUT2D eigenvalue weighted by molar-refractivity contribution is 0.0612. The van der Waals surface area contributed by atoms with Gasteiger partial charge in [0.1, 0.15) is 9.88 Å². The standard InChI is InChI=1S/C17H21N3OS/c1-3-14-8-4-5-10-20(14)17(21)15-12(2)19-16(22-15)13-7-6-9-18-11-13/h6-7,9,11,14H,3-5,8,10H2,1-2H3. The Balaban J connectivity index is 1.88. The third-order valence-electron chi connectivity index (χ3n) is 4.26. The Morgan fingerprint density at radius 3 is 3.05 bits per heavy atom. The lowest BCUT2D eigenvalue weighted by Gasteiger charge is -2.35. The molecule has 22 heavy (non-hydrogen) atoms. The third kappa shape index (κ3) is 2.90. The smallest absolute Gasteiger partial charge is 0.266 e. The van der Waals surface area contributed by atoms with E-state index in [9.17, 15) is 4.79 Å². The first-order valence-corrected chi connectivity index (χ1v) is 8.71. The topological polar surface area (TPSA) is 46.1 Å². The zero-order valence-electron chi connectivity index (χ0n) is 13.1. The van der Waals surface area contributed by atoms with E-state index in [0.29, 0.717) is 6.04 Å². The van der Waals surface area contributed by atoms with E-state index in [1.165, 1.54) is 17.8 Å². The molecule has 2 aromatic rings. The van der Waals surface area contributed by atoms with E-state index >= 15 is 0 Å². The number of thiazole rings is 1. The Bertz CT molecular complexity index is 653. The molecule has 0 bridgehead atoms. The summed E-state index contributed by atoms with van der Waals surface area (Å²) >= 11 is 1.48. The van der Waals surface area contributed by atoms with Crippen LogP contribution in [0.25, 0.3) is 10.6 Å². The highest BCUT2D eigenvalue weighted by molar-refractivity contribution is 7.17. The van der Waals surface area contributed by atoms with Crippen LogP contribution in [0.2, 0.25) is 0 Å². The number of hydrogen-bond donors (Lipinski definition) is 0. The lowest BCUT2D eigenvalue weighted by atomic mass is 10.00. The van der Waals surface area contributed by atoms with Crippen LogP contribution in [0.1, 0.15) is 48.0 Å². The Morgan fingerprint density at radius 1 is 1.45 bits per heavy atom. The Kier molecular flexibility index (Phi) is 4.52. The van der Waals surface area contributed by atoms with Crippen LogP contribution in [0.15, 0.2) is 24.5 Å². The molecule has 0 saturated carbocycles. The molecule has 0 N–H and O–H groups in total. The van der Waals surface area contributed by atoms with Gasteiger partial charge in [-0.05, 0) is 44.7 Å². The second-order valence-electron chi connectivity index (χ2n) is 5.73. The van der Waals surface area contributed by atoms with E-state index in [1.54, 1.807) is 12.4 Å². The zero-order chi connectivity index (χ0) is 15.5. The van der Waals surface area contributed by atoms with Crippen molar-refractivity contribution >= 4 is 17.2 Å². The molecular weight excluding hydrogens is 294 g/mol. The first-order valence-electron chi connectivity index (χ1n) is 7.89. The summed E-state index contributed by atoms with van der Waals surface area (Å²) in [6, 6.07) is 4.25. The SMILES string of the molecule is CCC1CCCCN1C(=O)c1sc(-c2cccnc2)nc1C. The molecule has 3 rings (SSSR count). The Morgan fingerprint density at radius 2 is 2.32 bits per heavy atom. The summed E-state index contributed by atoms with van der Waals surface area (Å²) in [5.74, 6) is 0.150. The van der Waals surface area contributed by atoms with Crippen LogP contribution in [-0.2, 0) is 0 Å². The third-order valence-corrected chi connectivity index (χ3v) is 5.45. The van der Waals surface area contributed by atoms with Crippen molar-refractivity contribution in [3.8, 4) is 10.6 Å². The quantitative estimate of drug-likeness (QED) is 0.862. The lowest BCUT2D eigenvalue weighted by Crippen LogP contribution is -2.43. The van der Waals surface area contributed by atoms with E-state index in [1.807, 2.05) is 19.1 Å². The van der Waals surface area contributed by atoms with Gasteiger partial charge in [-0.3, -0.25) is 9.78 Å². The number of likely N-dealkylation sites (tertiary alicyclic amines) is 1. The molecular formula is C17H21N3OS. The average Bonchev–Trinajstić information content (AvgIpc) is 2.97. The van der Waals surface area contributed by atoms with Gasteiger partial charge in [0.2, 0.25) is 0 Å². The number of aryl methyl sites for hydroxylation is 1. The van der Waals surface area contributed by atoms with Gasteiger partial charge in [0.15, 0.2) is 0 Å². The molecule has 1 fully saturated rings. The summed E-state index contributed by atoms with van der Waals surface area (Å²) in [5.41, 5.74) is 1.80. The molecule has 4 nitrogen and oxygen atoms in total. The minimum Gasteiger partial charge on any atom is -0.335 e. The molecule has 0 aromatic carbocycles. The van der Waals surface area contributed by atoms with E-state index in [4.69, 9.17) is 0 Å². The predicted molar refractivity (Wildman–Crippen MR) is 89.0 cm³/mol. The van der Waals surface area contributed by atoms with E-state index in [-0.39, 0.29) is 5.91 Å². The van der Waals surface area contributed by atoms with Crippen LogP contribution < -0.4 is 0 Å². The summed E-state index contributed by atoms with van der Waals surface area (Å²) in [6.45, 7) is 4.96. The molecule has 1 saturated heterocycles. The molecule has 1 amide bonds. The monoisotopic (exact) mass is 315 g/mol. The highest BCUT2D eigenvalue weighted by Crippen LogP contribution is 2.30. The van der Waals surface area contributed by atoms with Crippen molar-refractivity contribution in [2.45, 2.75) is 45.6 Å². The second kappa shape index (κ2) is 6.57. The average molecular weight is 315 g/mol. The van der Waals surface area contributed by atoms with Crippen LogP contribution in [0.3, 0.4) is 0 Å². The molecule has 1 aliphatic heterocycles. The largest absolute Gasteiger partial charge is 0.335 e. The summed E-state index contributed by atoms with van der Waals surface area (Å²) in [4.78, 5) is 24.5. The van der Waals surface area contributed by atoms with Gasteiger partial charge in [0, 0.05) is 30.5 Å². The fraction of sp³-hybridized carbons (Fsp3) is 0.471. The first-order chi connectivity index (χ1) is 10.7. The van der Waals surface area contributed by atoms with Gasteiger partial charge in [-0.25, -0.2) is 4.98 Å². The van der Waals surface area contributed by atoms with Crippen LogP contribution in [-0.4, -0.2) is 33.4 Å². The fourth-order valence-corrected chi connectivity index (χ4v) is 4.04. The van der Waals surface area contributed by atoms with Gasteiger partial charge >= 0.3 is 0 Å². The number of aromatic nitrogens is 2. The number of rotatable bonds is 3. The molecule has 116 valence electrons. The number of pyridine rings is 1. The highest BCUT2D eigenvalue weighted by atomic mass is 32.1. The molecule has 0 aliphatic carbocycles. The number of piperidine rings is 1. The second-order valence-corrected chi connectivity index (χ2v) is 6.73. The van der Waals surface area contributed by atoms with Crippen molar-refractivity contribution in [1.82, 2.24) is 14.9 Å². The maximum absolute atomic E-state index is 12.9. The molecule has 1 atom stereocenters. The maximum Gasteiger partial charge on any atom is 0.266 e. The number of carbonyl (C=O) groups excluding carboxylic acids is 1. The van der Waals surface area contributed by atoms with Gasteiger partial charge in [0.25, 0.3) is 5.91 Å². The number of hydrogen-bond acceptors (Lipinski definition) is 4. The first kappa shape index (κ1) is 15.2. The Labute approximate surface area is 135 Å². The zero-order valence-corrected chi connectivity index (χ0v) is 13.9. The van der Waals surface area contributed by atoms with Gasteiger partial charge < -0.3 is 4.90 Å². The van der Waals surface area contributed by atoms with Gasteiger partial charge in [-0.1, -0.05) is 6.92 Å². The fourth-order valence-electron chi connectivity index (χ4n) is 3.03. The van der Waals surface area contributed by atoms with Crippen LogP contribution in [0, 0.1) is 6.92 Å². The van der Waals surface area contributed by atoms with Gasteiger partial charge in [-0.15, -0.1) is 11.3 Å². The van der Waals surface area contributed by atoms with E-state index in [2.05, 4.69) is 21.8 Å². The van der Waals surface area contributed by atoms with Crippen LogP contribution in [0.5, 0.6) is 0 Å². The molecule has 5 heteroatoms. The normalized spacial score (nSPS) is 18.5. The molecule has 2 aromatic heterocycles. The minimum absolute atomic E-state index is 0.150. The summed E-state index contributed by atoms with van der Waals surface area (Å²) in [6.07, 6.45) is 8.02. The molecule has 0 radical (unpaired) electrons. The summed E-state index contributed by atoms with van der Waals surface area (Å²) in [7, 11) is 0. The van der Waals surface area contributed by atoms with Gasteiger partial charge in [0.05, 0.1) is 5.69 Å². The molecule has 0 spiro atoms. The van der Waals surface area contributed by atoms with E-state index in [0.717, 1.165) is 46.9 Å². The maximum atomic E-state index is 12.9. The number of amides is 1. The van der Waals surface area contributed by atoms with Crippen molar-refractivity contribution in [1.29, 1.82) is 0 Å². The molecule has 1 aliphatic rings. The Hall–Kier alpha value is -1.75. The van der Waals surface area contributed by atoms with Crippen molar-refractivity contribution in [3.05, 3.63) is 35.1 Å². The van der Waals surface area contributed by atoms with Crippen LogP contribution >= 0.6 is 11.3 Å². The summed E-state index contributed by atoms with van der Waals surface area (Å²) < 4.78 is 0. The number of nitrogens with zero attached hydrogens (tertiary/aromatic N) is 3. The van der Waals surface area contributed by atoms with Crippen molar-refractivity contribution in [2.24, 2.45) is 0 Å².